The third kappa shape index (κ3) is 8.06. The SMILES string of the molecule is c1ccc(CSCCN(CCCN2CCOCC2)Cc2ccccc2)cc1. The van der Waals surface area contributed by atoms with Gasteiger partial charge in [0.15, 0.2) is 0 Å². The van der Waals surface area contributed by atoms with Gasteiger partial charge in [-0.15, -0.1) is 0 Å². The van der Waals surface area contributed by atoms with Crippen LogP contribution in [0.2, 0.25) is 0 Å². The van der Waals surface area contributed by atoms with E-state index in [0.717, 1.165) is 51.7 Å². The summed E-state index contributed by atoms with van der Waals surface area (Å²) < 4.78 is 5.45. The quantitative estimate of drug-likeness (QED) is 0.541. The standard InChI is InChI=1S/C23H32N2OS/c1-3-8-22(9-4-1)20-25(13-7-12-24-14-17-26-18-15-24)16-19-27-21-23-10-5-2-6-11-23/h1-6,8-11H,7,12-21H2. The van der Waals surface area contributed by atoms with Gasteiger partial charge < -0.3 is 4.74 Å². The summed E-state index contributed by atoms with van der Waals surface area (Å²) in [6.45, 7) is 8.51. The van der Waals surface area contributed by atoms with E-state index in [-0.39, 0.29) is 0 Å². The van der Waals surface area contributed by atoms with Crippen LogP contribution in [0.4, 0.5) is 0 Å². The molecule has 1 aliphatic heterocycles. The molecule has 1 fully saturated rings. The summed E-state index contributed by atoms with van der Waals surface area (Å²) in [6.07, 6.45) is 1.23. The Morgan fingerprint density at radius 3 is 2.22 bits per heavy atom. The van der Waals surface area contributed by atoms with Gasteiger partial charge >= 0.3 is 0 Å². The molecule has 1 aliphatic rings. The van der Waals surface area contributed by atoms with E-state index in [1.165, 1.54) is 29.8 Å². The average molecular weight is 385 g/mol. The third-order valence-electron chi connectivity index (χ3n) is 4.96. The zero-order valence-electron chi connectivity index (χ0n) is 16.3. The lowest BCUT2D eigenvalue weighted by Crippen LogP contribution is -2.38. The second-order valence-electron chi connectivity index (χ2n) is 7.11. The lowest BCUT2D eigenvalue weighted by atomic mass is 10.2. The Labute approximate surface area is 168 Å². The minimum Gasteiger partial charge on any atom is -0.379 e. The topological polar surface area (TPSA) is 15.7 Å². The highest BCUT2D eigenvalue weighted by Crippen LogP contribution is 2.13. The Morgan fingerprint density at radius 1 is 0.852 bits per heavy atom. The Morgan fingerprint density at radius 2 is 1.52 bits per heavy atom. The molecular formula is C23H32N2OS. The van der Waals surface area contributed by atoms with E-state index in [1.807, 2.05) is 11.8 Å². The number of thioether (sulfide) groups is 1. The second-order valence-corrected chi connectivity index (χ2v) is 8.21. The molecule has 1 saturated heterocycles. The third-order valence-corrected chi connectivity index (χ3v) is 5.97. The average Bonchev–Trinajstić information content (AvgIpc) is 2.73. The molecule has 0 atom stereocenters. The number of morpholine rings is 1. The first-order valence-electron chi connectivity index (χ1n) is 10.1. The molecule has 27 heavy (non-hydrogen) atoms. The minimum atomic E-state index is 0.893. The fourth-order valence-corrected chi connectivity index (χ4v) is 4.37. The number of benzene rings is 2. The van der Waals surface area contributed by atoms with Crippen molar-refractivity contribution in [3.63, 3.8) is 0 Å². The molecule has 0 N–H and O–H groups in total. The fraction of sp³-hybridized carbons (Fsp3) is 0.478. The van der Waals surface area contributed by atoms with Crippen molar-refractivity contribution in [1.82, 2.24) is 9.80 Å². The maximum Gasteiger partial charge on any atom is 0.0594 e. The zero-order chi connectivity index (χ0) is 18.6. The minimum absolute atomic E-state index is 0.893. The van der Waals surface area contributed by atoms with Gasteiger partial charge in [0.25, 0.3) is 0 Å². The lowest BCUT2D eigenvalue weighted by molar-refractivity contribution is 0.0361. The van der Waals surface area contributed by atoms with Crippen molar-refractivity contribution in [2.45, 2.75) is 18.7 Å². The van der Waals surface area contributed by atoms with Crippen LogP contribution in [-0.4, -0.2) is 61.5 Å². The van der Waals surface area contributed by atoms with Crippen LogP contribution < -0.4 is 0 Å². The van der Waals surface area contributed by atoms with Gasteiger partial charge in [-0.2, -0.15) is 11.8 Å². The summed E-state index contributed by atoms with van der Waals surface area (Å²) in [5.41, 5.74) is 2.83. The monoisotopic (exact) mass is 384 g/mol. The molecule has 1 heterocycles. The smallest absolute Gasteiger partial charge is 0.0594 e. The van der Waals surface area contributed by atoms with Crippen molar-refractivity contribution < 1.29 is 4.74 Å². The maximum absolute atomic E-state index is 5.45. The molecule has 3 nitrogen and oxygen atoms in total. The molecule has 2 aromatic carbocycles. The number of ether oxygens (including phenoxy) is 1. The maximum atomic E-state index is 5.45. The van der Waals surface area contributed by atoms with Crippen molar-refractivity contribution >= 4 is 11.8 Å². The van der Waals surface area contributed by atoms with Crippen LogP contribution in [0.15, 0.2) is 60.7 Å². The van der Waals surface area contributed by atoms with E-state index >= 15 is 0 Å². The van der Waals surface area contributed by atoms with Crippen LogP contribution >= 0.6 is 11.8 Å². The van der Waals surface area contributed by atoms with E-state index in [9.17, 15) is 0 Å². The molecule has 0 spiro atoms. The summed E-state index contributed by atoms with van der Waals surface area (Å²) in [7, 11) is 0. The van der Waals surface area contributed by atoms with Gasteiger partial charge in [0, 0.05) is 37.7 Å². The van der Waals surface area contributed by atoms with E-state index in [0.29, 0.717) is 0 Å². The van der Waals surface area contributed by atoms with Gasteiger partial charge in [0.2, 0.25) is 0 Å². The van der Waals surface area contributed by atoms with Crippen molar-refractivity contribution in [3.05, 3.63) is 71.8 Å². The Kier molecular flexibility index (Phi) is 9.21. The van der Waals surface area contributed by atoms with Crippen LogP contribution in [0.5, 0.6) is 0 Å². The van der Waals surface area contributed by atoms with Crippen molar-refractivity contribution in [2.75, 3.05) is 51.7 Å². The predicted octanol–water partition coefficient (Wildman–Crippen LogP) is 4.14. The summed E-state index contributed by atoms with van der Waals surface area (Å²) in [4.78, 5) is 5.15. The van der Waals surface area contributed by atoms with Gasteiger partial charge in [-0.05, 0) is 30.6 Å². The summed E-state index contributed by atoms with van der Waals surface area (Å²) >= 11 is 2.04. The van der Waals surface area contributed by atoms with Gasteiger partial charge in [-0.3, -0.25) is 9.80 Å². The molecule has 0 amide bonds. The zero-order valence-corrected chi connectivity index (χ0v) is 17.1. The van der Waals surface area contributed by atoms with E-state index in [2.05, 4.69) is 70.5 Å². The van der Waals surface area contributed by atoms with Gasteiger partial charge in [-0.1, -0.05) is 60.7 Å². The lowest BCUT2D eigenvalue weighted by Gasteiger charge is -2.28. The number of hydrogen-bond acceptors (Lipinski definition) is 4. The van der Waals surface area contributed by atoms with Crippen LogP contribution in [-0.2, 0) is 17.0 Å². The molecule has 0 aliphatic carbocycles. The first-order valence-corrected chi connectivity index (χ1v) is 11.2. The van der Waals surface area contributed by atoms with E-state index in [1.54, 1.807) is 0 Å². The molecule has 0 unspecified atom stereocenters. The Hall–Kier alpha value is -1.33. The van der Waals surface area contributed by atoms with Crippen LogP contribution in [0.1, 0.15) is 17.5 Å². The molecule has 0 radical (unpaired) electrons. The summed E-state index contributed by atoms with van der Waals surface area (Å²) in [5, 5.41) is 0. The van der Waals surface area contributed by atoms with Crippen molar-refractivity contribution in [2.24, 2.45) is 0 Å². The Bertz CT molecular complexity index is 617. The first kappa shape index (κ1) is 20.4. The van der Waals surface area contributed by atoms with Crippen LogP contribution in [0, 0.1) is 0 Å². The van der Waals surface area contributed by atoms with Gasteiger partial charge in [-0.25, -0.2) is 0 Å². The molecule has 4 heteroatoms. The largest absolute Gasteiger partial charge is 0.379 e. The molecule has 0 bridgehead atoms. The van der Waals surface area contributed by atoms with Crippen molar-refractivity contribution in [3.8, 4) is 0 Å². The fourth-order valence-electron chi connectivity index (χ4n) is 3.41. The van der Waals surface area contributed by atoms with Gasteiger partial charge in [0.05, 0.1) is 13.2 Å². The highest BCUT2D eigenvalue weighted by Gasteiger charge is 2.11. The molecule has 2 aromatic rings. The van der Waals surface area contributed by atoms with Gasteiger partial charge in [0.1, 0.15) is 0 Å². The molecule has 146 valence electrons. The molecule has 0 aromatic heterocycles. The number of hydrogen-bond donors (Lipinski definition) is 0. The highest BCUT2D eigenvalue weighted by molar-refractivity contribution is 7.98. The highest BCUT2D eigenvalue weighted by atomic mass is 32.2. The number of nitrogens with zero attached hydrogens (tertiary/aromatic N) is 2. The summed E-state index contributed by atoms with van der Waals surface area (Å²) in [5.74, 6) is 2.28. The number of rotatable bonds is 11. The van der Waals surface area contributed by atoms with Crippen molar-refractivity contribution in [1.29, 1.82) is 0 Å². The van der Waals surface area contributed by atoms with E-state index < -0.39 is 0 Å². The Balaban J connectivity index is 1.42. The second kappa shape index (κ2) is 12.2. The van der Waals surface area contributed by atoms with Crippen LogP contribution in [0.25, 0.3) is 0 Å². The first-order chi connectivity index (χ1) is 13.4. The molecular weight excluding hydrogens is 352 g/mol. The van der Waals surface area contributed by atoms with E-state index in [4.69, 9.17) is 4.74 Å². The van der Waals surface area contributed by atoms with Crippen LogP contribution in [0.3, 0.4) is 0 Å². The normalized spacial score (nSPS) is 15.3. The molecule has 0 saturated carbocycles. The summed E-state index contributed by atoms with van der Waals surface area (Å²) in [6, 6.07) is 21.7. The predicted molar refractivity (Wildman–Crippen MR) is 116 cm³/mol. The molecule has 3 rings (SSSR count).